The molecule has 1 heterocycles. The molecule has 2 N–H and O–H groups in total. The summed E-state index contributed by atoms with van der Waals surface area (Å²) in [5.41, 5.74) is 2.15. The van der Waals surface area contributed by atoms with Crippen molar-refractivity contribution in [3.05, 3.63) is 70.9 Å². The minimum Gasteiger partial charge on any atom is -0.433 e. The molecular weight excluding hydrogens is 406 g/mol. The van der Waals surface area contributed by atoms with Crippen molar-refractivity contribution in [1.29, 1.82) is 0 Å². The van der Waals surface area contributed by atoms with E-state index in [4.69, 9.17) is 23.8 Å². The highest BCUT2D eigenvalue weighted by Gasteiger charge is 2.12. The topological polar surface area (TPSA) is 51.1 Å². The zero-order valence-corrected chi connectivity index (χ0v) is 16.4. The van der Waals surface area contributed by atoms with Gasteiger partial charge in [-0.2, -0.15) is 13.9 Å². The summed E-state index contributed by atoms with van der Waals surface area (Å²) in [5.74, 6) is 0.516. The van der Waals surface area contributed by atoms with Crippen LogP contribution in [0.1, 0.15) is 11.1 Å². The molecule has 5 nitrogen and oxygen atoms in total. The Hall–Kier alpha value is -2.71. The molecule has 0 aliphatic carbocycles. The Morgan fingerprint density at radius 2 is 2.00 bits per heavy atom. The first-order valence-electron chi connectivity index (χ1n) is 8.31. The highest BCUT2D eigenvalue weighted by molar-refractivity contribution is 7.80. The number of hydrogen-bond donors (Lipinski definition) is 2. The van der Waals surface area contributed by atoms with Gasteiger partial charge in [0.25, 0.3) is 0 Å². The molecule has 0 amide bonds. The molecule has 0 radical (unpaired) electrons. The van der Waals surface area contributed by atoms with Crippen molar-refractivity contribution >= 4 is 40.4 Å². The van der Waals surface area contributed by atoms with Crippen molar-refractivity contribution in [2.75, 3.05) is 10.6 Å². The molecule has 0 saturated carbocycles. The van der Waals surface area contributed by atoms with Gasteiger partial charge in [0.1, 0.15) is 5.75 Å². The van der Waals surface area contributed by atoms with E-state index in [0.29, 0.717) is 23.1 Å². The summed E-state index contributed by atoms with van der Waals surface area (Å²) < 4.78 is 31.4. The van der Waals surface area contributed by atoms with Crippen LogP contribution in [0.4, 0.5) is 20.3 Å². The molecule has 2 aromatic carbocycles. The van der Waals surface area contributed by atoms with Crippen molar-refractivity contribution < 1.29 is 13.5 Å². The molecular formula is C19H17ClF2N4OS. The lowest BCUT2D eigenvalue weighted by Gasteiger charge is -2.14. The van der Waals surface area contributed by atoms with Crippen LogP contribution in [0.2, 0.25) is 5.02 Å². The lowest BCUT2D eigenvalue weighted by molar-refractivity contribution is -0.0493. The Morgan fingerprint density at radius 1 is 1.21 bits per heavy atom. The second-order valence-electron chi connectivity index (χ2n) is 5.95. The standard InChI is InChI=1S/C19H17ClF2N4OS/c1-12-6-7-16(27-18(21)22)15(10-12)23-19(28)24-17-8-9-26(25-17)11-13-4-2-3-5-14(13)20/h2-10,18H,11H2,1H3,(H2,23,24,25,28). The predicted molar refractivity (Wildman–Crippen MR) is 110 cm³/mol. The van der Waals surface area contributed by atoms with Crippen molar-refractivity contribution in [1.82, 2.24) is 9.78 Å². The molecule has 0 aliphatic heterocycles. The average molecular weight is 423 g/mol. The summed E-state index contributed by atoms with van der Waals surface area (Å²) in [7, 11) is 0. The first-order valence-corrected chi connectivity index (χ1v) is 9.09. The summed E-state index contributed by atoms with van der Waals surface area (Å²) in [6.07, 6.45) is 1.78. The van der Waals surface area contributed by atoms with Crippen LogP contribution < -0.4 is 15.4 Å². The third-order valence-electron chi connectivity index (χ3n) is 3.77. The van der Waals surface area contributed by atoms with E-state index in [-0.39, 0.29) is 10.9 Å². The van der Waals surface area contributed by atoms with Crippen molar-refractivity contribution in [3.63, 3.8) is 0 Å². The van der Waals surface area contributed by atoms with Crippen LogP contribution in [0.3, 0.4) is 0 Å². The first kappa shape index (κ1) is 20.0. The maximum Gasteiger partial charge on any atom is 0.387 e. The molecule has 3 aromatic rings. The van der Waals surface area contributed by atoms with Crippen LogP contribution in [-0.4, -0.2) is 21.5 Å². The number of benzene rings is 2. The van der Waals surface area contributed by atoms with Crippen LogP contribution in [0.5, 0.6) is 5.75 Å². The van der Waals surface area contributed by atoms with Crippen LogP contribution >= 0.6 is 23.8 Å². The second kappa shape index (κ2) is 8.99. The third-order valence-corrected chi connectivity index (χ3v) is 4.34. The Bertz CT molecular complexity index is 980. The van der Waals surface area contributed by atoms with Gasteiger partial charge in [-0.05, 0) is 48.5 Å². The average Bonchev–Trinajstić information content (AvgIpc) is 3.06. The molecule has 0 saturated heterocycles. The van der Waals surface area contributed by atoms with Crippen LogP contribution in [0.15, 0.2) is 54.7 Å². The molecule has 0 aliphatic rings. The number of halogens is 3. The quantitative estimate of drug-likeness (QED) is 0.528. The summed E-state index contributed by atoms with van der Waals surface area (Å²) in [5, 5.41) is 11.0. The zero-order chi connectivity index (χ0) is 20.1. The zero-order valence-electron chi connectivity index (χ0n) is 14.8. The second-order valence-corrected chi connectivity index (χ2v) is 6.76. The fraction of sp³-hybridized carbons (Fsp3) is 0.158. The minimum atomic E-state index is -2.93. The van der Waals surface area contributed by atoms with E-state index in [1.165, 1.54) is 6.07 Å². The Labute approximate surface area is 171 Å². The van der Waals surface area contributed by atoms with Crippen molar-refractivity contribution in [3.8, 4) is 5.75 Å². The van der Waals surface area contributed by atoms with E-state index >= 15 is 0 Å². The Morgan fingerprint density at radius 3 is 2.75 bits per heavy atom. The van der Waals surface area contributed by atoms with Gasteiger partial charge in [0.05, 0.1) is 12.2 Å². The van der Waals surface area contributed by atoms with Crippen LogP contribution in [-0.2, 0) is 6.54 Å². The number of aromatic nitrogens is 2. The molecule has 3 rings (SSSR count). The number of nitrogens with one attached hydrogen (secondary N) is 2. The summed E-state index contributed by atoms with van der Waals surface area (Å²) in [6, 6.07) is 14.1. The van der Waals surface area contributed by atoms with E-state index < -0.39 is 6.61 Å². The van der Waals surface area contributed by atoms with E-state index in [1.54, 1.807) is 29.1 Å². The van der Waals surface area contributed by atoms with Gasteiger partial charge in [0, 0.05) is 17.3 Å². The summed E-state index contributed by atoms with van der Waals surface area (Å²) >= 11 is 11.4. The molecule has 1 aromatic heterocycles. The summed E-state index contributed by atoms with van der Waals surface area (Å²) in [6.45, 7) is -0.582. The molecule has 0 atom stereocenters. The van der Waals surface area contributed by atoms with Gasteiger partial charge in [0.15, 0.2) is 10.9 Å². The predicted octanol–water partition coefficient (Wildman–Crippen LogP) is 5.30. The smallest absolute Gasteiger partial charge is 0.387 e. The van der Waals surface area contributed by atoms with Gasteiger partial charge >= 0.3 is 6.61 Å². The first-order chi connectivity index (χ1) is 13.4. The highest BCUT2D eigenvalue weighted by Crippen LogP contribution is 2.27. The number of anilines is 2. The van der Waals surface area contributed by atoms with Gasteiger partial charge in [0.2, 0.25) is 0 Å². The van der Waals surface area contributed by atoms with Gasteiger partial charge in [-0.25, -0.2) is 0 Å². The Kier molecular flexibility index (Phi) is 6.43. The molecule has 0 spiro atoms. The molecule has 28 heavy (non-hydrogen) atoms. The minimum absolute atomic E-state index is 0.00833. The number of aryl methyl sites for hydroxylation is 1. The van der Waals surface area contributed by atoms with Crippen LogP contribution in [0.25, 0.3) is 0 Å². The van der Waals surface area contributed by atoms with E-state index in [2.05, 4.69) is 20.5 Å². The molecule has 146 valence electrons. The number of nitrogens with zero attached hydrogens (tertiary/aromatic N) is 2. The van der Waals surface area contributed by atoms with Gasteiger partial charge < -0.3 is 15.4 Å². The van der Waals surface area contributed by atoms with E-state index in [1.807, 2.05) is 31.2 Å². The number of ether oxygens (including phenoxy) is 1. The monoisotopic (exact) mass is 422 g/mol. The largest absolute Gasteiger partial charge is 0.433 e. The van der Waals surface area contributed by atoms with Gasteiger partial charge in [-0.3, -0.25) is 4.68 Å². The molecule has 0 bridgehead atoms. The fourth-order valence-corrected chi connectivity index (χ4v) is 2.94. The maximum atomic E-state index is 12.6. The molecule has 0 fully saturated rings. The van der Waals surface area contributed by atoms with Crippen LogP contribution in [0, 0.1) is 6.92 Å². The van der Waals surface area contributed by atoms with Crippen molar-refractivity contribution in [2.24, 2.45) is 0 Å². The number of hydrogen-bond acceptors (Lipinski definition) is 3. The van der Waals surface area contributed by atoms with Gasteiger partial charge in [-0.15, -0.1) is 0 Å². The van der Waals surface area contributed by atoms with E-state index in [9.17, 15) is 8.78 Å². The lowest BCUT2D eigenvalue weighted by atomic mass is 10.2. The maximum absolute atomic E-state index is 12.6. The SMILES string of the molecule is Cc1ccc(OC(F)F)c(NC(=S)Nc2ccn(Cc3ccccc3Cl)n2)c1. The van der Waals surface area contributed by atoms with E-state index in [0.717, 1.165) is 11.1 Å². The molecule has 0 unspecified atom stereocenters. The molecule has 9 heteroatoms. The third kappa shape index (κ3) is 5.40. The summed E-state index contributed by atoms with van der Waals surface area (Å²) in [4.78, 5) is 0. The highest BCUT2D eigenvalue weighted by atomic mass is 35.5. The van der Waals surface area contributed by atoms with Gasteiger partial charge in [-0.1, -0.05) is 35.9 Å². The lowest BCUT2D eigenvalue weighted by Crippen LogP contribution is -2.20. The number of alkyl halides is 2. The normalized spacial score (nSPS) is 10.8. The van der Waals surface area contributed by atoms with Crippen molar-refractivity contribution in [2.45, 2.75) is 20.1 Å². The fourth-order valence-electron chi connectivity index (χ4n) is 2.53. The number of thiocarbonyl (C=S) groups is 1. The Balaban J connectivity index is 1.65. The number of rotatable bonds is 6.